The minimum atomic E-state index is 0.0779. The number of piperidine rings is 2. The van der Waals surface area contributed by atoms with E-state index in [0.717, 1.165) is 38.3 Å². The van der Waals surface area contributed by atoms with E-state index in [-0.39, 0.29) is 17.9 Å². The van der Waals surface area contributed by atoms with E-state index in [9.17, 15) is 4.79 Å². The van der Waals surface area contributed by atoms with E-state index in [2.05, 4.69) is 9.88 Å². The highest BCUT2D eigenvalue weighted by Crippen LogP contribution is 2.39. The van der Waals surface area contributed by atoms with Crippen molar-refractivity contribution in [2.75, 3.05) is 46.0 Å². The van der Waals surface area contributed by atoms with Gasteiger partial charge in [-0.2, -0.15) is 0 Å². The van der Waals surface area contributed by atoms with Crippen molar-refractivity contribution in [2.24, 2.45) is 5.41 Å². The van der Waals surface area contributed by atoms with Crippen molar-refractivity contribution >= 4 is 5.91 Å². The van der Waals surface area contributed by atoms with Gasteiger partial charge in [0, 0.05) is 37.7 Å². The third kappa shape index (κ3) is 5.00. The van der Waals surface area contributed by atoms with Crippen LogP contribution in [-0.4, -0.2) is 71.8 Å². The average molecular weight is 347 g/mol. The molecule has 6 nitrogen and oxygen atoms in total. The maximum absolute atomic E-state index is 12.4. The van der Waals surface area contributed by atoms with Gasteiger partial charge in [0.1, 0.15) is 0 Å². The van der Waals surface area contributed by atoms with E-state index in [1.54, 1.807) is 6.20 Å². The molecule has 3 heterocycles. The predicted octanol–water partition coefficient (Wildman–Crippen LogP) is 1.30. The maximum Gasteiger partial charge on any atom is 0.222 e. The van der Waals surface area contributed by atoms with E-state index in [4.69, 9.17) is 9.84 Å². The fourth-order valence-corrected chi connectivity index (χ4v) is 4.13. The Morgan fingerprint density at radius 2 is 2.16 bits per heavy atom. The quantitative estimate of drug-likeness (QED) is 0.753. The van der Waals surface area contributed by atoms with Crippen LogP contribution in [0.2, 0.25) is 0 Å². The Labute approximate surface area is 149 Å². The summed E-state index contributed by atoms with van der Waals surface area (Å²) < 4.78 is 5.41. The van der Waals surface area contributed by atoms with Gasteiger partial charge in [-0.1, -0.05) is 6.07 Å². The number of pyridine rings is 1. The van der Waals surface area contributed by atoms with Crippen LogP contribution >= 0.6 is 0 Å². The van der Waals surface area contributed by atoms with Gasteiger partial charge in [-0.15, -0.1) is 0 Å². The summed E-state index contributed by atoms with van der Waals surface area (Å²) >= 11 is 0. The topological polar surface area (TPSA) is 65.9 Å². The van der Waals surface area contributed by atoms with Crippen molar-refractivity contribution < 1.29 is 14.6 Å². The van der Waals surface area contributed by atoms with Crippen LogP contribution in [0.5, 0.6) is 0 Å². The molecule has 1 aromatic rings. The van der Waals surface area contributed by atoms with E-state index in [1.165, 1.54) is 12.8 Å². The van der Waals surface area contributed by atoms with Crippen molar-refractivity contribution in [3.63, 3.8) is 0 Å². The van der Waals surface area contributed by atoms with Crippen LogP contribution in [0, 0.1) is 5.41 Å². The van der Waals surface area contributed by atoms with Crippen LogP contribution in [0.4, 0.5) is 0 Å². The molecule has 0 saturated carbocycles. The Kier molecular flexibility index (Phi) is 6.39. The first-order chi connectivity index (χ1) is 12.2. The molecule has 1 N–H and O–H groups in total. The number of aliphatic hydroxyl groups is 1. The fraction of sp³-hybridized carbons (Fsp3) is 0.684. The highest BCUT2D eigenvalue weighted by molar-refractivity contribution is 5.77. The molecule has 2 aliphatic heterocycles. The minimum absolute atomic E-state index is 0.0779. The molecule has 1 aromatic heterocycles. The minimum Gasteiger partial charge on any atom is -0.394 e. The Hall–Kier alpha value is -1.50. The lowest BCUT2D eigenvalue weighted by Gasteiger charge is -2.48. The summed E-state index contributed by atoms with van der Waals surface area (Å²) in [4.78, 5) is 21.2. The zero-order valence-electron chi connectivity index (χ0n) is 14.9. The summed E-state index contributed by atoms with van der Waals surface area (Å²) in [6.07, 6.45) is 5.77. The van der Waals surface area contributed by atoms with Gasteiger partial charge in [0.05, 0.1) is 32.1 Å². The molecule has 1 atom stereocenters. The molecule has 2 aliphatic rings. The molecule has 25 heavy (non-hydrogen) atoms. The van der Waals surface area contributed by atoms with Crippen molar-refractivity contribution in [3.8, 4) is 0 Å². The summed E-state index contributed by atoms with van der Waals surface area (Å²) in [5.41, 5.74) is 1.16. The van der Waals surface area contributed by atoms with Crippen molar-refractivity contribution in [3.05, 3.63) is 30.1 Å². The number of hydrogen-bond donors (Lipinski definition) is 1. The molecular weight excluding hydrogens is 318 g/mol. The zero-order chi connectivity index (χ0) is 17.5. The van der Waals surface area contributed by atoms with Crippen LogP contribution < -0.4 is 0 Å². The zero-order valence-corrected chi connectivity index (χ0v) is 14.9. The van der Waals surface area contributed by atoms with Gasteiger partial charge in [-0.25, -0.2) is 0 Å². The third-order valence-electron chi connectivity index (χ3n) is 5.36. The molecule has 0 aliphatic carbocycles. The molecule has 138 valence electrons. The second kappa shape index (κ2) is 8.74. The van der Waals surface area contributed by atoms with Crippen molar-refractivity contribution in [1.82, 2.24) is 14.8 Å². The molecule has 2 fully saturated rings. The number of aliphatic hydroxyl groups excluding tert-OH is 1. The Morgan fingerprint density at radius 3 is 2.96 bits per heavy atom. The van der Waals surface area contributed by atoms with Crippen LogP contribution in [0.3, 0.4) is 0 Å². The third-order valence-corrected chi connectivity index (χ3v) is 5.36. The van der Waals surface area contributed by atoms with Crippen molar-refractivity contribution in [2.45, 2.75) is 32.2 Å². The Morgan fingerprint density at radius 1 is 1.24 bits per heavy atom. The highest BCUT2D eigenvalue weighted by atomic mass is 16.5. The number of amides is 1. The number of ether oxygens (including phenoxy) is 1. The molecular formula is C19H29N3O3. The van der Waals surface area contributed by atoms with Gasteiger partial charge in [-0.05, 0) is 37.9 Å². The normalized spacial score (nSPS) is 24.8. The Bertz CT molecular complexity index is 554. The fourth-order valence-electron chi connectivity index (χ4n) is 4.13. The largest absolute Gasteiger partial charge is 0.394 e. The second-order valence-corrected chi connectivity index (χ2v) is 7.29. The SMILES string of the molecule is O=C1CC[C@]2(CCCN(CCOCCO)C2)CN1Cc1ccccn1. The van der Waals surface area contributed by atoms with E-state index >= 15 is 0 Å². The predicted molar refractivity (Wildman–Crippen MR) is 94.9 cm³/mol. The van der Waals surface area contributed by atoms with Crippen LogP contribution in [0.15, 0.2) is 24.4 Å². The maximum atomic E-state index is 12.4. The van der Waals surface area contributed by atoms with E-state index < -0.39 is 0 Å². The van der Waals surface area contributed by atoms with Gasteiger partial charge in [0.25, 0.3) is 0 Å². The number of aromatic nitrogens is 1. The Balaban J connectivity index is 1.57. The number of hydrogen-bond acceptors (Lipinski definition) is 5. The second-order valence-electron chi connectivity index (χ2n) is 7.29. The van der Waals surface area contributed by atoms with E-state index in [0.29, 0.717) is 26.2 Å². The number of nitrogens with zero attached hydrogens (tertiary/aromatic N) is 3. The first-order valence-corrected chi connectivity index (χ1v) is 9.29. The molecule has 0 radical (unpaired) electrons. The van der Waals surface area contributed by atoms with Gasteiger partial charge < -0.3 is 19.6 Å². The lowest BCUT2D eigenvalue weighted by atomic mass is 9.73. The summed E-state index contributed by atoms with van der Waals surface area (Å²) in [7, 11) is 0. The molecule has 0 unspecified atom stereocenters. The van der Waals surface area contributed by atoms with Crippen LogP contribution in [0.1, 0.15) is 31.4 Å². The first kappa shape index (κ1) is 18.3. The smallest absolute Gasteiger partial charge is 0.222 e. The lowest BCUT2D eigenvalue weighted by molar-refractivity contribution is -0.140. The molecule has 3 rings (SSSR count). The summed E-state index contributed by atoms with van der Waals surface area (Å²) in [5, 5.41) is 8.80. The highest BCUT2D eigenvalue weighted by Gasteiger charge is 2.41. The number of likely N-dealkylation sites (tertiary alicyclic amines) is 2. The van der Waals surface area contributed by atoms with Gasteiger partial charge in [0.15, 0.2) is 0 Å². The summed E-state index contributed by atoms with van der Waals surface area (Å²) in [6, 6.07) is 5.86. The molecule has 2 saturated heterocycles. The van der Waals surface area contributed by atoms with E-state index in [1.807, 2.05) is 23.1 Å². The first-order valence-electron chi connectivity index (χ1n) is 9.29. The lowest BCUT2D eigenvalue weighted by Crippen LogP contribution is -2.54. The van der Waals surface area contributed by atoms with Crippen LogP contribution in [0.25, 0.3) is 0 Å². The summed E-state index contributed by atoms with van der Waals surface area (Å²) in [5.74, 6) is 0.250. The summed E-state index contributed by atoms with van der Waals surface area (Å²) in [6.45, 7) is 5.61. The number of carbonyl (C=O) groups is 1. The standard InChI is InChI=1S/C19H29N3O3/c23-11-13-25-12-10-21-9-3-6-19(15-21)7-5-18(24)22(16-19)14-17-4-1-2-8-20-17/h1-2,4,8,23H,3,5-7,9-16H2/t19-/m0/s1. The molecule has 1 amide bonds. The van der Waals surface area contributed by atoms with Crippen molar-refractivity contribution in [1.29, 1.82) is 0 Å². The molecule has 1 spiro atoms. The molecule has 6 heteroatoms. The van der Waals surface area contributed by atoms with Gasteiger partial charge in [0.2, 0.25) is 5.91 Å². The number of carbonyl (C=O) groups excluding carboxylic acids is 1. The van der Waals surface area contributed by atoms with Gasteiger partial charge in [-0.3, -0.25) is 9.78 Å². The average Bonchev–Trinajstić information content (AvgIpc) is 2.63. The molecule has 0 aromatic carbocycles. The van der Waals surface area contributed by atoms with Gasteiger partial charge >= 0.3 is 0 Å². The number of rotatable bonds is 7. The molecule has 0 bridgehead atoms. The van der Waals surface area contributed by atoms with Crippen LogP contribution in [-0.2, 0) is 16.1 Å². The monoisotopic (exact) mass is 347 g/mol.